The van der Waals surface area contributed by atoms with Crippen LogP contribution in [0, 0.1) is 0 Å². The minimum Gasteiger partial charge on any atom is -0.490 e. The van der Waals surface area contributed by atoms with Gasteiger partial charge in [-0.1, -0.05) is 12.1 Å². The van der Waals surface area contributed by atoms with E-state index in [2.05, 4.69) is 5.32 Å². The van der Waals surface area contributed by atoms with Gasteiger partial charge in [0.15, 0.2) is 0 Å². The lowest BCUT2D eigenvalue weighted by atomic mass is 10.1. The number of ether oxygens (including phenoxy) is 1. The first-order chi connectivity index (χ1) is 9.81. The van der Waals surface area contributed by atoms with Gasteiger partial charge in [-0.15, -0.1) is 0 Å². The van der Waals surface area contributed by atoms with E-state index in [-0.39, 0.29) is 17.4 Å². The van der Waals surface area contributed by atoms with E-state index in [4.69, 9.17) is 9.84 Å². The standard InChI is InChI=1S/C14H17F2NO4/c1-8(2)21-11-6-4-3-5-9(11)13(18)17-10(14(19)20)7-12(15)16/h3-6,8,10,12H,7H2,1-2H3,(H,17,18)(H,19,20). The highest BCUT2D eigenvalue weighted by Gasteiger charge is 2.25. The SMILES string of the molecule is CC(C)Oc1ccccc1C(=O)NC(CC(F)F)C(=O)O. The van der Waals surface area contributed by atoms with E-state index in [1.54, 1.807) is 32.0 Å². The first-order valence-electron chi connectivity index (χ1n) is 6.38. The summed E-state index contributed by atoms with van der Waals surface area (Å²) in [5.41, 5.74) is 0.103. The van der Waals surface area contributed by atoms with Crippen LogP contribution in [0.15, 0.2) is 24.3 Å². The maximum atomic E-state index is 12.3. The summed E-state index contributed by atoms with van der Waals surface area (Å²) >= 11 is 0. The molecule has 0 radical (unpaired) electrons. The summed E-state index contributed by atoms with van der Waals surface area (Å²) in [6.45, 7) is 3.54. The highest BCUT2D eigenvalue weighted by molar-refractivity contribution is 5.98. The average molecular weight is 301 g/mol. The Balaban J connectivity index is 2.90. The molecule has 0 fully saturated rings. The molecule has 21 heavy (non-hydrogen) atoms. The molecule has 0 aliphatic carbocycles. The number of rotatable bonds is 7. The molecule has 1 atom stereocenters. The first kappa shape index (κ1) is 16.9. The van der Waals surface area contributed by atoms with Gasteiger partial charge in [-0.2, -0.15) is 0 Å². The van der Waals surface area contributed by atoms with Crippen LogP contribution in [-0.2, 0) is 4.79 Å². The lowest BCUT2D eigenvalue weighted by Crippen LogP contribution is -2.42. The van der Waals surface area contributed by atoms with E-state index in [9.17, 15) is 18.4 Å². The van der Waals surface area contributed by atoms with Crippen molar-refractivity contribution in [3.05, 3.63) is 29.8 Å². The number of aliphatic carboxylic acids is 1. The number of halogens is 2. The van der Waals surface area contributed by atoms with Crippen molar-refractivity contribution in [1.29, 1.82) is 0 Å². The second-order valence-electron chi connectivity index (χ2n) is 4.65. The molecule has 1 aromatic rings. The third kappa shape index (κ3) is 5.37. The average Bonchev–Trinajstić information content (AvgIpc) is 2.37. The normalized spacial score (nSPS) is 12.3. The maximum absolute atomic E-state index is 12.3. The number of carboxylic acid groups (broad SMARTS) is 1. The lowest BCUT2D eigenvalue weighted by molar-refractivity contribution is -0.140. The van der Waals surface area contributed by atoms with Crippen LogP contribution < -0.4 is 10.1 Å². The molecule has 0 saturated carbocycles. The highest BCUT2D eigenvalue weighted by atomic mass is 19.3. The molecule has 5 nitrogen and oxygen atoms in total. The second-order valence-corrected chi connectivity index (χ2v) is 4.65. The van der Waals surface area contributed by atoms with Crippen LogP contribution in [0.3, 0.4) is 0 Å². The first-order valence-corrected chi connectivity index (χ1v) is 6.38. The molecule has 2 N–H and O–H groups in total. The van der Waals surface area contributed by atoms with E-state index in [0.29, 0.717) is 0 Å². The molecule has 0 saturated heterocycles. The number of hydrogen-bond donors (Lipinski definition) is 2. The quantitative estimate of drug-likeness (QED) is 0.810. The number of benzene rings is 1. The number of carboxylic acids is 1. The van der Waals surface area contributed by atoms with Crippen molar-refractivity contribution in [3.63, 3.8) is 0 Å². The fourth-order valence-corrected chi connectivity index (χ4v) is 1.65. The van der Waals surface area contributed by atoms with Crippen LogP contribution in [-0.4, -0.2) is 35.6 Å². The van der Waals surface area contributed by atoms with Gasteiger partial charge in [0.2, 0.25) is 6.43 Å². The molecule has 0 aliphatic rings. The van der Waals surface area contributed by atoms with Crippen molar-refractivity contribution in [3.8, 4) is 5.75 Å². The van der Waals surface area contributed by atoms with E-state index >= 15 is 0 Å². The fourth-order valence-electron chi connectivity index (χ4n) is 1.65. The third-order valence-electron chi connectivity index (χ3n) is 2.51. The molecule has 0 bridgehead atoms. The van der Waals surface area contributed by atoms with Gasteiger partial charge in [0.1, 0.15) is 11.8 Å². The van der Waals surface area contributed by atoms with Gasteiger partial charge >= 0.3 is 5.97 Å². The van der Waals surface area contributed by atoms with Crippen molar-refractivity contribution >= 4 is 11.9 Å². The largest absolute Gasteiger partial charge is 0.490 e. The zero-order chi connectivity index (χ0) is 16.0. The molecule has 116 valence electrons. The summed E-state index contributed by atoms with van der Waals surface area (Å²) in [5, 5.41) is 10.9. The summed E-state index contributed by atoms with van der Waals surface area (Å²) in [7, 11) is 0. The molecule has 0 heterocycles. The molecule has 1 unspecified atom stereocenters. The van der Waals surface area contributed by atoms with Crippen LogP contribution in [0.1, 0.15) is 30.6 Å². The van der Waals surface area contributed by atoms with Crippen LogP contribution in [0.2, 0.25) is 0 Å². The molecule has 1 aromatic carbocycles. The van der Waals surface area contributed by atoms with Gasteiger partial charge in [0.05, 0.1) is 11.7 Å². The van der Waals surface area contributed by atoms with Gasteiger partial charge in [-0.25, -0.2) is 13.6 Å². The highest BCUT2D eigenvalue weighted by Crippen LogP contribution is 2.19. The predicted octanol–water partition coefficient (Wildman–Crippen LogP) is 2.31. The van der Waals surface area contributed by atoms with E-state index in [1.807, 2.05) is 0 Å². The number of carbonyl (C=O) groups excluding carboxylic acids is 1. The molecule has 0 aliphatic heterocycles. The Morgan fingerprint density at radius 3 is 2.43 bits per heavy atom. The predicted molar refractivity (Wildman–Crippen MR) is 71.7 cm³/mol. The van der Waals surface area contributed by atoms with Crippen molar-refractivity contribution in [1.82, 2.24) is 5.32 Å². The second kappa shape index (κ2) is 7.56. The minimum absolute atomic E-state index is 0.103. The van der Waals surface area contributed by atoms with Crippen molar-refractivity contribution < 1.29 is 28.2 Å². The summed E-state index contributed by atoms with van der Waals surface area (Å²) in [6.07, 6.45) is -3.96. The molecule has 0 spiro atoms. The molecule has 0 aromatic heterocycles. The molecule has 1 rings (SSSR count). The molecule has 1 amide bonds. The van der Waals surface area contributed by atoms with Crippen LogP contribution >= 0.6 is 0 Å². The Kier molecular flexibility index (Phi) is 6.08. The molecular weight excluding hydrogens is 284 g/mol. The monoisotopic (exact) mass is 301 g/mol. The fraction of sp³-hybridized carbons (Fsp3) is 0.429. The number of amides is 1. The zero-order valence-corrected chi connectivity index (χ0v) is 11.7. The van der Waals surface area contributed by atoms with Crippen molar-refractivity contribution in [2.24, 2.45) is 0 Å². The van der Waals surface area contributed by atoms with Gasteiger partial charge in [0, 0.05) is 6.42 Å². The number of alkyl halides is 2. The van der Waals surface area contributed by atoms with Gasteiger partial charge in [-0.05, 0) is 26.0 Å². The van der Waals surface area contributed by atoms with Crippen molar-refractivity contribution in [2.75, 3.05) is 0 Å². The van der Waals surface area contributed by atoms with Crippen LogP contribution in [0.5, 0.6) is 5.75 Å². The molecular formula is C14H17F2NO4. The van der Waals surface area contributed by atoms with Crippen LogP contribution in [0.25, 0.3) is 0 Å². The van der Waals surface area contributed by atoms with E-state index in [0.717, 1.165) is 0 Å². The number of carbonyl (C=O) groups is 2. The van der Waals surface area contributed by atoms with Crippen molar-refractivity contribution in [2.45, 2.75) is 38.8 Å². The Labute approximate surface area is 120 Å². The number of para-hydroxylation sites is 1. The summed E-state index contributed by atoms with van der Waals surface area (Å²) in [5.74, 6) is -2.00. The van der Waals surface area contributed by atoms with Gasteiger partial charge in [-0.3, -0.25) is 4.79 Å². The van der Waals surface area contributed by atoms with E-state index in [1.165, 1.54) is 6.07 Å². The summed E-state index contributed by atoms with van der Waals surface area (Å²) in [4.78, 5) is 22.9. The lowest BCUT2D eigenvalue weighted by Gasteiger charge is -2.17. The Morgan fingerprint density at radius 1 is 1.29 bits per heavy atom. The Hall–Kier alpha value is -2.18. The topological polar surface area (TPSA) is 75.6 Å². The van der Waals surface area contributed by atoms with Gasteiger partial charge < -0.3 is 15.2 Å². The Bertz CT molecular complexity index is 506. The third-order valence-corrected chi connectivity index (χ3v) is 2.51. The van der Waals surface area contributed by atoms with Gasteiger partial charge in [0.25, 0.3) is 5.91 Å². The summed E-state index contributed by atoms with van der Waals surface area (Å²) in [6, 6.07) is 4.57. The van der Waals surface area contributed by atoms with E-state index < -0.39 is 30.8 Å². The number of nitrogens with one attached hydrogen (secondary N) is 1. The minimum atomic E-state index is -2.83. The zero-order valence-electron chi connectivity index (χ0n) is 11.7. The summed E-state index contributed by atoms with van der Waals surface area (Å²) < 4.78 is 30.1. The number of hydrogen-bond acceptors (Lipinski definition) is 3. The maximum Gasteiger partial charge on any atom is 0.326 e. The Morgan fingerprint density at radius 2 is 1.90 bits per heavy atom. The smallest absolute Gasteiger partial charge is 0.326 e. The van der Waals surface area contributed by atoms with Crippen LogP contribution in [0.4, 0.5) is 8.78 Å². The molecule has 7 heteroatoms.